The number of pyridine rings is 1. The summed E-state index contributed by atoms with van der Waals surface area (Å²) >= 11 is 5.79. The van der Waals surface area contributed by atoms with Crippen LogP contribution in [0.1, 0.15) is 50.5 Å². The van der Waals surface area contributed by atoms with Gasteiger partial charge >= 0.3 is 0 Å². The monoisotopic (exact) mass is 427 g/mol. The molecule has 0 radical (unpaired) electrons. The maximum absolute atomic E-state index is 5.79. The third-order valence-corrected chi connectivity index (χ3v) is 6.36. The van der Waals surface area contributed by atoms with Gasteiger partial charge in [-0.3, -0.25) is 9.88 Å². The van der Waals surface area contributed by atoms with Gasteiger partial charge in [-0.2, -0.15) is 0 Å². The highest BCUT2D eigenvalue weighted by atomic mass is 32.1. The maximum Gasteiger partial charge on any atom is 0.170 e. The van der Waals surface area contributed by atoms with Gasteiger partial charge in [0.2, 0.25) is 0 Å². The fourth-order valence-electron chi connectivity index (χ4n) is 4.30. The summed E-state index contributed by atoms with van der Waals surface area (Å²) in [7, 11) is 0. The molecule has 2 aliphatic heterocycles. The molecule has 30 heavy (non-hydrogen) atoms. The molecular formula is C23H33N5OS. The van der Waals surface area contributed by atoms with Gasteiger partial charge in [0.1, 0.15) is 0 Å². The summed E-state index contributed by atoms with van der Waals surface area (Å²) in [5.74, 6) is 0. The van der Waals surface area contributed by atoms with Gasteiger partial charge in [-0.15, -0.1) is 0 Å². The Balaban J connectivity index is 1.55. The molecule has 6 nitrogen and oxygen atoms in total. The first-order chi connectivity index (χ1) is 14.4. The molecule has 2 aromatic rings. The lowest BCUT2D eigenvalue weighted by Gasteiger charge is -2.30. The lowest BCUT2D eigenvalue weighted by molar-refractivity contribution is 0.0365. The lowest BCUT2D eigenvalue weighted by atomic mass is 9.99. The fourth-order valence-corrected chi connectivity index (χ4v) is 4.64. The van der Waals surface area contributed by atoms with Crippen molar-refractivity contribution in [2.45, 2.75) is 44.8 Å². The van der Waals surface area contributed by atoms with E-state index in [2.05, 4.69) is 70.0 Å². The van der Waals surface area contributed by atoms with E-state index in [1.807, 2.05) is 18.3 Å². The summed E-state index contributed by atoms with van der Waals surface area (Å²) in [6, 6.07) is 8.52. The normalized spacial score (nSPS) is 23.0. The topological polar surface area (TPSA) is 45.6 Å². The minimum absolute atomic E-state index is 0.0481. The minimum Gasteiger partial charge on any atom is -0.379 e. The first-order valence-electron chi connectivity index (χ1n) is 10.9. The number of nitrogens with zero attached hydrogens (tertiary/aromatic N) is 4. The van der Waals surface area contributed by atoms with E-state index in [-0.39, 0.29) is 17.6 Å². The SMILES string of the molecule is CC(C)(C)n1ccc([C@H]2[C@@H](c3ccccn3)NC(=S)N2CCCN2CCOCC2)c1. The maximum atomic E-state index is 5.79. The van der Waals surface area contributed by atoms with Crippen LogP contribution in [-0.2, 0) is 10.3 Å². The summed E-state index contributed by atoms with van der Waals surface area (Å²) in [4.78, 5) is 9.48. The quantitative estimate of drug-likeness (QED) is 0.714. The van der Waals surface area contributed by atoms with Crippen molar-refractivity contribution in [3.05, 3.63) is 54.1 Å². The van der Waals surface area contributed by atoms with E-state index in [1.54, 1.807) is 0 Å². The van der Waals surface area contributed by atoms with E-state index >= 15 is 0 Å². The number of thiocarbonyl (C=S) groups is 1. The van der Waals surface area contributed by atoms with Crippen LogP contribution in [-0.4, -0.2) is 63.9 Å². The van der Waals surface area contributed by atoms with Gasteiger partial charge in [-0.05, 0) is 63.2 Å². The molecule has 0 amide bonds. The Bertz CT molecular complexity index is 841. The van der Waals surface area contributed by atoms with E-state index in [4.69, 9.17) is 17.0 Å². The van der Waals surface area contributed by atoms with Gasteiger partial charge in [-0.1, -0.05) is 6.07 Å². The van der Waals surface area contributed by atoms with Gasteiger partial charge in [0.15, 0.2) is 5.11 Å². The molecule has 0 aromatic carbocycles. The van der Waals surface area contributed by atoms with Crippen LogP contribution in [0.2, 0.25) is 0 Å². The Hall–Kier alpha value is -1.96. The largest absolute Gasteiger partial charge is 0.379 e. The molecule has 0 saturated carbocycles. The zero-order valence-electron chi connectivity index (χ0n) is 18.3. The van der Waals surface area contributed by atoms with Crippen molar-refractivity contribution < 1.29 is 4.74 Å². The Morgan fingerprint density at radius 3 is 2.63 bits per heavy atom. The van der Waals surface area contributed by atoms with Crippen molar-refractivity contribution in [1.29, 1.82) is 0 Å². The molecule has 1 N–H and O–H groups in total. The number of ether oxygens (including phenoxy) is 1. The molecular weight excluding hydrogens is 394 g/mol. The van der Waals surface area contributed by atoms with Crippen molar-refractivity contribution in [3.8, 4) is 0 Å². The van der Waals surface area contributed by atoms with Crippen molar-refractivity contribution in [2.24, 2.45) is 0 Å². The third kappa shape index (κ3) is 4.68. The highest BCUT2D eigenvalue weighted by molar-refractivity contribution is 7.80. The van der Waals surface area contributed by atoms with Gasteiger partial charge in [0.25, 0.3) is 0 Å². The predicted octanol–water partition coefficient (Wildman–Crippen LogP) is 3.33. The van der Waals surface area contributed by atoms with Gasteiger partial charge in [0, 0.05) is 50.3 Å². The van der Waals surface area contributed by atoms with E-state index in [0.29, 0.717) is 0 Å². The average molecular weight is 428 g/mol. The minimum atomic E-state index is 0.0481. The van der Waals surface area contributed by atoms with Crippen LogP contribution in [0.4, 0.5) is 0 Å². The van der Waals surface area contributed by atoms with E-state index in [0.717, 1.165) is 56.6 Å². The smallest absolute Gasteiger partial charge is 0.170 e. The number of hydrogen-bond acceptors (Lipinski definition) is 4. The molecule has 0 unspecified atom stereocenters. The molecule has 7 heteroatoms. The molecule has 2 saturated heterocycles. The second-order valence-electron chi connectivity index (χ2n) is 9.15. The molecule has 4 rings (SSSR count). The van der Waals surface area contributed by atoms with Crippen LogP contribution in [0.25, 0.3) is 0 Å². The molecule has 2 aliphatic rings. The first kappa shape index (κ1) is 21.3. The second kappa shape index (κ2) is 9.04. The standard InChI is InChI=1S/C23H33N5OS/c1-23(2,3)27-12-8-18(17-27)21-20(19-7-4-5-9-24-19)25-22(30)28(21)11-6-10-26-13-15-29-16-14-26/h4-5,7-9,12,17,20-21H,6,10-11,13-16H2,1-3H3,(H,25,30)/t20-,21+/m1/s1. The van der Waals surface area contributed by atoms with Crippen molar-refractivity contribution >= 4 is 17.3 Å². The predicted molar refractivity (Wildman–Crippen MR) is 123 cm³/mol. The van der Waals surface area contributed by atoms with Crippen molar-refractivity contribution in [3.63, 3.8) is 0 Å². The molecule has 2 fully saturated rings. The Morgan fingerprint density at radius 1 is 1.17 bits per heavy atom. The molecule has 2 aromatic heterocycles. The summed E-state index contributed by atoms with van der Waals surface area (Å²) < 4.78 is 7.75. The molecule has 0 bridgehead atoms. The van der Waals surface area contributed by atoms with Crippen molar-refractivity contribution in [1.82, 2.24) is 24.7 Å². The Labute approximate surface area is 185 Å². The number of aromatic nitrogens is 2. The second-order valence-corrected chi connectivity index (χ2v) is 9.54. The van der Waals surface area contributed by atoms with Crippen LogP contribution in [0, 0.1) is 0 Å². The first-order valence-corrected chi connectivity index (χ1v) is 11.3. The highest BCUT2D eigenvalue weighted by Gasteiger charge is 2.40. The molecule has 0 spiro atoms. The summed E-state index contributed by atoms with van der Waals surface area (Å²) in [5, 5.41) is 4.38. The van der Waals surface area contributed by atoms with Crippen LogP contribution in [0.3, 0.4) is 0 Å². The summed E-state index contributed by atoms with van der Waals surface area (Å²) in [5.41, 5.74) is 2.36. The Kier molecular flexibility index (Phi) is 6.41. The zero-order valence-corrected chi connectivity index (χ0v) is 19.1. The third-order valence-electron chi connectivity index (χ3n) is 6.01. The Morgan fingerprint density at radius 2 is 1.97 bits per heavy atom. The number of rotatable bonds is 6. The summed E-state index contributed by atoms with van der Waals surface area (Å²) in [6.07, 6.45) is 7.38. The number of hydrogen-bond donors (Lipinski definition) is 1. The van der Waals surface area contributed by atoms with Crippen LogP contribution in [0.15, 0.2) is 42.9 Å². The molecule has 2 atom stereocenters. The lowest BCUT2D eigenvalue weighted by Crippen LogP contribution is -2.38. The highest BCUT2D eigenvalue weighted by Crippen LogP contribution is 2.39. The van der Waals surface area contributed by atoms with E-state index in [1.165, 1.54) is 5.56 Å². The summed E-state index contributed by atoms with van der Waals surface area (Å²) in [6.45, 7) is 12.4. The van der Waals surface area contributed by atoms with E-state index < -0.39 is 0 Å². The fraction of sp³-hybridized carbons (Fsp3) is 0.565. The van der Waals surface area contributed by atoms with Gasteiger partial charge in [-0.25, -0.2) is 0 Å². The number of morpholine rings is 1. The van der Waals surface area contributed by atoms with Gasteiger partial charge in [0.05, 0.1) is 31.0 Å². The zero-order chi connectivity index (χ0) is 21.1. The van der Waals surface area contributed by atoms with Gasteiger partial charge < -0.3 is 19.5 Å². The molecule has 4 heterocycles. The van der Waals surface area contributed by atoms with Crippen LogP contribution in [0.5, 0.6) is 0 Å². The number of nitrogens with one attached hydrogen (secondary N) is 1. The van der Waals surface area contributed by atoms with Crippen LogP contribution < -0.4 is 5.32 Å². The van der Waals surface area contributed by atoms with E-state index in [9.17, 15) is 0 Å². The molecule has 162 valence electrons. The average Bonchev–Trinajstić information content (AvgIpc) is 3.35. The van der Waals surface area contributed by atoms with Crippen molar-refractivity contribution in [2.75, 3.05) is 39.4 Å². The molecule has 0 aliphatic carbocycles. The van der Waals surface area contributed by atoms with Crippen LogP contribution >= 0.6 is 12.2 Å².